The van der Waals surface area contributed by atoms with Crippen molar-refractivity contribution >= 4 is 59.2 Å². The molecule has 0 radical (unpaired) electrons. The van der Waals surface area contributed by atoms with Gasteiger partial charge in [-0.2, -0.15) is 0 Å². The molecule has 35 heavy (non-hydrogen) atoms. The number of carbonyl (C=O) groups is 3. The minimum atomic E-state index is -0.929. The molecule has 0 aromatic carbocycles. The van der Waals surface area contributed by atoms with Gasteiger partial charge in [-0.15, -0.1) is 11.8 Å². The van der Waals surface area contributed by atoms with Gasteiger partial charge in [-0.25, -0.2) is 4.79 Å². The molecule has 3 aliphatic rings. The van der Waals surface area contributed by atoms with Crippen LogP contribution in [0.15, 0.2) is 23.5 Å². The van der Waals surface area contributed by atoms with Crippen LogP contribution in [0.2, 0.25) is 0 Å². The molecule has 0 unspecified atom stereocenters. The van der Waals surface area contributed by atoms with Crippen LogP contribution >= 0.6 is 11.8 Å². The molecule has 1 heterocycles. The Morgan fingerprint density at radius 3 is 2.43 bits per heavy atom. The molecule has 0 aromatic rings. The quantitative estimate of drug-likeness (QED) is 0.180. The molecule has 2 aliphatic carbocycles. The topological polar surface area (TPSA) is 167 Å². The molecule has 0 bridgehead atoms. The minimum absolute atomic E-state index is 0. The Morgan fingerprint density at radius 2 is 1.91 bits per heavy atom. The monoisotopic (exact) mass is 523 g/mol. The van der Waals surface area contributed by atoms with Crippen LogP contribution in [-0.4, -0.2) is 98.7 Å². The first-order valence-corrected chi connectivity index (χ1v) is 12.6. The zero-order chi connectivity index (χ0) is 25.7. The predicted molar refractivity (Wildman–Crippen MR) is 135 cm³/mol. The maximum absolute atomic E-state index is 11.8. The van der Waals surface area contributed by atoms with Crippen LogP contribution in [0.1, 0.15) is 52.4 Å². The van der Waals surface area contributed by atoms with Gasteiger partial charge in [-0.1, -0.05) is 26.0 Å². The second-order valence-corrected chi connectivity index (χ2v) is 10.9. The first-order chi connectivity index (χ1) is 15.9. The summed E-state index contributed by atoms with van der Waals surface area (Å²) < 4.78 is 4.89. The van der Waals surface area contributed by atoms with E-state index in [9.17, 15) is 29.7 Å². The Hall–Kier alpha value is -1.04. The van der Waals surface area contributed by atoms with Crippen molar-refractivity contribution in [2.75, 3.05) is 24.7 Å². The van der Waals surface area contributed by atoms with Gasteiger partial charge in [0.1, 0.15) is 12.4 Å². The standard InChI is InChI=1S/C20H30O5.C4H7NO3S.Na.H/c1-12-4-7-16-19(2,9-8-17(23)20(16,3)11-21)14(12)6-5-13-15(22)10-25-18(13)24;5-3(6)1-9-2-4(7)8;;/h14,16-17,21-23H,1,4-11H2,2-3H3;1-2H2,(H2,5,6)(H,7,8);;/t14-,16+,17-,19+,20+;;;/m1.../s1. The van der Waals surface area contributed by atoms with Crippen molar-refractivity contribution < 1.29 is 39.5 Å². The number of ether oxygens (including phenoxy) is 1. The van der Waals surface area contributed by atoms with Gasteiger partial charge in [0, 0.05) is 5.41 Å². The number of allylic oxidation sites excluding steroid dienone is 1. The predicted octanol–water partition coefficient (Wildman–Crippen LogP) is 1.52. The fourth-order valence-electron chi connectivity index (χ4n) is 5.93. The van der Waals surface area contributed by atoms with Crippen molar-refractivity contribution in [3.05, 3.63) is 23.5 Å². The molecule has 3 rings (SSSR count). The van der Waals surface area contributed by atoms with Crippen LogP contribution in [0.3, 0.4) is 0 Å². The SMILES string of the molecule is C=C1CC[C@@H]2[C@](C)(CO)[C@H](O)CC[C@@]2(C)[C@@H]1CCC1=C(O)COC1=O.NC(=O)CSCC(=O)O.[NaH]. The molecule has 2 fully saturated rings. The number of hydrogen-bond donors (Lipinski definition) is 5. The summed E-state index contributed by atoms with van der Waals surface area (Å²) in [4.78, 5) is 31.6. The third-order valence-electron chi connectivity index (χ3n) is 7.78. The van der Waals surface area contributed by atoms with Crippen molar-refractivity contribution in [2.24, 2.45) is 28.4 Å². The summed E-state index contributed by atoms with van der Waals surface area (Å²) in [7, 11) is 0. The fraction of sp³-hybridized carbons (Fsp3) is 0.708. The van der Waals surface area contributed by atoms with Crippen LogP contribution in [-0.2, 0) is 19.1 Å². The maximum atomic E-state index is 11.8. The van der Waals surface area contributed by atoms with E-state index in [1.807, 2.05) is 6.92 Å². The van der Waals surface area contributed by atoms with Gasteiger partial charge in [0.05, 0.1) is 29.8 Å². The van der Waals surface area contributed by atoms with E-state index in [0.29, 0.717) is 18.4 Å². The molecule has 11 heteroatoms. The summed E-state index contributed by atoms with van der Waals surface area (Å²) in [5, 5.41) is 38.4. The summed E-state index contributed by atoms with van der Waals surface area (Å²) in [5.74, 6) is -1.36. The summed E-state index contributed by atoms with van der Waals surface area (Å²) in [6.45, 7) is 8.48. The van der Waals surface area contributed by atoms with Crippen LogP contribution in [0, 0.1) is 22.7 Å². The van der Waals surface area contributed by atoms with Crippen molar-refractivity contribution in [1.29, 1.82) is 0 Å². The molecule has 0 aromatic heterocycles. The average Bonchev–Trinajstić information content (AvgIpc) is 3.08. The molecule has 9 nitrogen and oxygen atoms in total. The van der Waals surface area contributed by atoms with Crippen LogP contribution in [0.5, 0.6) is 0 Å². The molecule has 1 aliphatic heterocycles. The van der Waals surface area contributed by atoms with E-state index in [2.05, 4.69) is 13.5 Å². The van der Waals surface area contributed by atoms with E-state index in [0.717, 1.165) is 37.4 Å². The van der Waals surface area contributed by atoms with Crippen molar-refractivity contribution in [3.8, 4) is 0 Å². The fourth-order valence-corrected chi connectivity index (χ4v) is 6.41. The van der Waals surface area contributed by atoms with E-state index in [1.165, 1.54) is 5.57 Å². The Morgan fingerprint density at radius 1 is 1.26 bits per heavy atom. The molecule has 194 valence electrons. The normalized spacial score (nSPS) is 32.1. The van der Waals surface area contributed by atoms with Gasteiger partial charge in [0.2, 0.25) is 5.91 Å². The number of primary amides is 1. The van der Waals surface area contributed by atoms with Gasteiger partial charge in [0.25, 0.3) is 0 Å². The van der Waals surface area contributed by atoms with Crippen LogP contribution < -0.4 is 5.73 Å². The number of aliphatic hydroxyl groups excluding tert-OH is 3. The van der Waals surface area contributed by atoms with Crippen molar-refractivity contribution in [2.45, 2.75) is 58.5 Å². The number of carbonyl (C=O) groups excluding carboxylic acids is 2. The zero-order valence-corrected chi connectivity index (χ0v) is 20.7. The summed E-state index contributed by atoms with van der Waals surface area (Å²) in [5.41, 5.74) is 5.73. The molecule has 0 spiro atoms. The number of thioether (sulfide) groups is 1. The van der Waals surface area contributed by atoms with Crippen molar-refractivity contribution in [1.82, 2.24) is 0 Å². The van der Waals surface area contributed by atoms with E-state index in [1.54, 1.807) is 0 Å². The number of amides is 1. The van der Waals surface area contributed by atoms with Gasteiger partial charge in [-0.3, -0.25) is 9.59 Å². The van der Waals surface area contributed by atoms with Gasteiger partial charge in [0.15, 0.2) is 0 Å². The summed E-state index contributed by atoms with van der Waals surface area (Å²) >= 11 is 0.995. The van der Waals surface area contributed by atoms with Crippen LogP contribution in [0.4, 0.5) is 0 Å². The van der Waals surface area contributed by atoms with Crippen molar-refractivity contribution in [3.63, 3.8) is 0 Å². The number of rotatable bonds is 8. The van der Waals surface area contributed by atoms with Gasteiger partial charge >= 0.3 is 41.5 Å². The molecular weight excluding hydrogens is 485 g/mol. The van der Waals surface area contributed by atoms with E-state index >= 15 is 0 Å². The van der Waals surface area contributed by atoms with E-state index in [-0.39, 0.29) is 77.3 Å². The number of hydrogen-bond acceptors (Lipinski definition) is 8. The Labute approximate surface area is 232 Å². The molecule has 1 amide bonds. The third kappa shape index (κ3) is 7.49. The molecule has 5 atom stereocenters. The number of carboxylic acids is 1. The summed E-state index contributed by atoms with van der Waals surface area (Å²) in [6.07, 6.45) is 4.09. The van der Waals surface area contributed by atoms with Gasteiger partial charge < -0.3 is 30.9 Å². The summed E-state index contributed by atoms with van der Waals surface area (Å²) in [6, 6.07) is 0. The molecule has 6 N–H and O–H groups in total. The number of nitrogens with two attached hydrogens (primary N) is 1. The van der Waals surface area contributed by atoms with Gasteiger partial charge in [-0.05, 0) is 55.8 Å². The second kappa shape index (κ2) is 13.5. The first kappa shape index (κ1) is 32.0. The number of esters is 1. The molecule has 0 saturated heterocycles. The Balaban J connectivity index is 0.000000526. The Kier molecular flexibility index (Phi) is 12.3. The third-order valence-corrected chi connectivity index (χ3v) is 8.72. The number of fused-ring (bicyclic) bond motifs is 1. The van der Waals surface area contributed by atoms with E-state index < -0.39 is 29.4 Å². The molecular formula is C24H38NNaO8S. The van der Waals surface area contributed by atoms with E-state index in [4.69, 9.17) is 15.6 Å². The number of cyclic esters (lactones) is 1. The zero-order valence-electron chi connectivity index (χ0n) is 19.9. The second-order valence-electron chi connectivity index (χ2n) is 9.92. The number of aliphatic hydroxyl groups is 3. The first-order valence-electron chi connectivity index (χ1n) is 11.5. The Bertz CT molecular complexity index is 835. The molecule has 2 saturated carbocycles. The number of carboxylic acid groups (broad SMARTS) is 1. The van der Waals surface area contributed by atoms with Crippen LogP contribution in [0.25, 0.3) is 0 Å². The average molecular weight is 524 g/mol. The number of aliphatic carboxylic acids is 1.